The highest BCUT2D eigenvalue weighted by Crippen LogP contribution is 2.30. The maximum Gasteiger partial charge on any atom is 0.256 e. The van der Waals surface area contributed by atoms with Crippen molar-refractivity contribution in [1.29, 1.82) is 0 Å². The predicted octanol–water partition coefficient (Wildman–Crippen LogP) is 4.59. The molecule has 1 aliphatic rings. The van der Waals surface area contributed by atoms with Gasteiger partial charge in [-0.3, -0.25) is 9.59 Å². The number of anilines is 1. The molecule has 5 heteroatoms. The topological polar surface area (TPSA) is 49.4 Å². The lowest BCUT2D eigenvalue weighted by Gasteiger charge is -2.27. The molecular formula is C20H21ClN2O2. The van der Waals surface area contributed by atoms with Crippen LogP contribution in [-0.2, 0) is 4.79 Å². The number of amides is 2. The summed E-state index contributed by atoms with van der Waals surface area (Å²) >= 11 is 5.95. The fraction of sp³-hybridized carbons (Fsp3) is 0.300. The molecule has 0 aromatic heterocycles. The van der Waals surface area contributed by atoms with Crippen molar-refractivity contribution in [2.75, 3.05) is 11.9 Å². The molecule has 0 fully saturated rings. The Balaban J connectivity index is 2.06. The Morgan fingerprint density at radius 2 is 1.72 bits per heavy atom. The number of carbonyl (C=O) groups excluding carboxylic acids is 2. The van der Waals surface area contributed by atoms with Crippen LogP contribution in [0.5, 0.6) is 0 Å². The highest BCUT2D eigenvalue weighted by atomic mass is 35.5. The van der Waals surface area contributed by atoms with Gasteiger partial charge in [-0.2, -0.15) is 0 Å². The van der Waals surface area contributed by atoms with Crippen molar-refractivity contribution < 1.29 is 9.59 Å². The number of carbonyl (C=O) groups is 2. The highest BCUT2D eigenvalue weighted by Gasteiger charge is 2.33. The van der Waals surface area contributed by atoms with E-state index < -0.39 is 6.04 Å². The van der Waals surface area contributed by atoms with Crippen LogP contribution in [0.15, 0.2) is 42.5 Å². The summed E-state index contributed by atoms with van der Waals surface area (Å²) in [5, 5.41) is 3.58. The van der Waals surface area contributed by atoms with Crippen LogP contribution in [0.25, 0.3) is 11.1 Å². The molecule has 0 spiro atoms. The number of rotatable bonds is 4. The van der Waals surface area contributed by atoms with Gasteiger partial charge in [-0.25, -0.2) is 0 Å². The van der Waals surface area contributed by atoms with Crippen molar-refractivity contribution >= 4 is 29.1 Å². The molecule has 130 valence electrons. The molecular weight excluding hydrogens is 336 g/mol. The van der Waals surface area contributed by atoms with Crippen LogP contribution < -0.4 is 5.32 Å². The lowest BCUT2D eigenvalue weighted by molar-refractivity contribution is -0.120. The summed E-state index contributed by atoms with van der Waals surface area (Å²) in [5.74, 6) is -0.222. The Kier molecular flexibility index (Phi) is 5.09. The Morgan fingerprint density at radius 3 is 2.36 bits per heavy atom. The Morgan fingerprint density at radius 1 is 1.04 bits per heavy atom. The van der Waals surface area contributed by atoms with Gasteiger partial charge in [-0.05, 0) is 48.2 Å². The van der Waals surface area contributed by atoms with Gasteiger partial charge in [0.1, 0.15) is 6.04 Å². The van der Waals surface area contributed by atoms with Crippen molar-refractivity contribution in [3.8, 4) is 11.1 Å². The second kappa shape index (κ2) is 7.28. The summed E-state index contributed by atoms with van der Waals surface area (Å²) in [4.78, 5) is 27.3. The lowest BCUT2D eigenvalue weighted by atomic mass is 10.0. The number of benzene rings is 2. The average molecular weight is 357 g/mol. The number of halogens is 1. The maximum absolute atomic E-state index is 13.1. The summed E-state index contributed by atoms with van der Waals surface area (Å²) < 4.78 is 0. The van der Waals surface area contributed by atoms with E-state index in [1.165, 1.54) is 0 Å². The first kappa shape index (κ1) is 17.5. The number of nitrogens with one attached hydrogen (secondary N) is 1. The molecule has 2 amide bonds. The third-order valence-electron chi connectivity index (χ3n) is 4.48. The van der Waals surface area contributed by atoms with E-state index in [2.05, 4.69) is 5.32 Å². The predicted molar refractivity (Wildman–Crippen MR) is 101 cm³/mol. The van der Waals surface area contributed by atoms with Crippen LogP contribution >= 0.6 is 11.6 Å². The van der Waals surface area contributed by atoms with Crippen LogP contribution in [0, 0.1) is 0 Å². The summed E-state index contributed by atoms with van der Waals surface area (Å²) in [5.41, 5.74) is 3.00. The smallest absolute Gasteiger partial charge is 0.256 e. The van der Waals surface area contributed by atoms with Crippen molar-refractivity contribution in [1.82, 2.24) is 4.90 Å². The van der Waals surface area contributed by atoms with Crippen molar-refractivity contribution in [2.45, 2.75) is 32.7 Å². The minimum Gasteiger partial charge on any atom is -0.327 e. The first-order valence-corrected chi connectivity index (χ1v) is 8.94. The fourth-order valence-corrected chi connectivity index (χ4v) is 3.34. The van der Waals surface area contributed by atoms with Crippen LogP contribution in [0.2, 0.25) is 5.02 Å². The molecule has 1 heterocycles. The zero-order valence-corrected chi connectivity index (χ0v) is 15.1. The van der Waals surface area contributed by atoms with Crippen molar-refractivity contribution in [3.63, 3.8) is 0 Å². The van der Waals surface area contributed by atoms with E-state index in [1.54, 1.807) is 11.0 Å². The molecule has 0 bridgehead atoms. The highest BCUT2D eigenvalue weighted by molar-refractivity contribution is 6.30. The van der Waals surface area contributed by atoms with Gasteiger partial charge in [-0.1, -0.05) is 43.6 Å². The van der Waals surface area contributed by atoms with Gasteiger partial charge in [-0.15, -0.1) is 0 Å². The fourth-order valence-electron chi connectivity index (χ4n) is 3.21. The number of hydrogen-bond acceptors (Lipinski definition) is 2. The summed E-state index contributed by atoms with van der Waals surface area (Å²) in [6.45, 7) is 4.50. The van der Waals surface area contributed by atoms with Gasteiger partial charge < -0.3 is 10.2 Å². The molecule has 2 aromatic rings. The van der Waals surface area contributed by atoms with E-state index >= 15 is 0 Å². The molecule has 3 rings (SSSR count). The van der Waals surface area contributed by atoms with Gasteiger partial charge in [0.15, 0.2) is 0 Å². The summed E-state index contributed by atoms with van der Waals surface area (Å²) in [6, 6.07) is 12.6. The molecule has 0 saturated heterocycles. The summed E-state index contributed by atoms with van der Waals surface area (Å²) in [6.07, 6.45) is 1.40. The standard InChI is InChI=1S/C20H21ClN2O2/c1-3-11-23-18(4-2)19(24)22-17-10-7-14(12-16(17)20(23)25)13-5-8-15(21)9-6-13/h5-10,12,18H,3-4,11H2,1-2H3,(H,22,24)/t18-/m1/s1. The van der Waals surface area contributed by atoms with E-state index in [1.807, 2.05) is 50.2 Å². The second-order valence-corrected chi connectivity index (χ2v) is 6.62. The van der Waals surface area contributed by atoms with Crippen LogP contribution in [0.1, 0.15) is 37.0 Å². The Bertz CT molecular complexity index is 802. The second-order valence-electron chi connectivity index (χ2n) is 6.18. The Hall–Kier alpha value is -2.33. The largest absolute Gasteiger partial charge is 0.327 e. The lowest BCUT2D eigenvalue weighted by Crippen LogP contribution is -2.45. The number of hydrogen-bond donors (Lipinski definition) is 1. The third-order valence-corrected chi connectivity index (χ3v) is 4.73. The van der Waals surface area contributed by atoms with E-state index in [0.29, 0.717) is 29.2 Å². The number of fused-ring (bicyclic) bond motifs is 1. The normalized spacial score (nSPS) is 17.1. The maximum atomic E-state index is 13.1. The van der Waals surface area contributed by atoms with E-state index in [4.69, 9.17) is 11.6 Å². The van der Waals surface area contributed by atoms with Gasteiger partial charge in [0.2, 0.25) is 5.91 Å². The molecule has 0 aliphatic carbocycles. The van der Waals surface area contributed by atoms with Crippen molar-refractivity contribution in [2.24, 2.45) is 0 Å². The van der Waals surface area contributed by atoms with Crippen LogP contribution in [0.3, 0.4) is 0 Å². The minimum absolute atomic E-state index is 0.0992. The Labute approximate surface area is 152 Å². The monoisotopic (exact) mass is 356 g/mol. The molecule has 0 saturated carbocycles. The van der Waals surface area contributed by atoms with Gasteiger partial charge >= 0.3 is 0 Å². The molecule has 2 aromatic carbocycles. The minimum atomic E-state index is -0.432. The zero-order chi connectivity index (χ0) is 18.0. The van der Waals surface area contributed by atoms with Gasteiger partial charge in [0, 0.05) is 11.6 Å². The molecule has 25 heavy (non-hydrogen) atoms. The average Bonchev–Trinajstić information content (AvgIpc) is 2.71. The molecule has 0 unspecified atom stereocenters. The van der Waals surface area contributed by atoms with Gasteiger partial charge in [0.25, 0.3) is 5.91 Å². The SMILES string of the molecule is CCCN1C(=O)c2cc(-c3ccc(Cl)cc3)ccc2NC(=O)[C@H]1CC. The summed E-state index contributed by atoms with van der Waals surface area (Å²) in [7, 11) is 0. The molecule has 0 radical (unpaired) electrons. The number of nitrogens with zero attached hydrogens (tertiary/aromatic N) is 1. The molecule has 1 atom stereocenters. The van der Waals surface area contributed by atoms with E-state index in [0.717, 1.165) is 17.5 Å². The third kappa shape index (κ3) is 3.40. The zero-order valence-electron chi connectivity index (χ0n) is 14.4. The molecule has 1 N–H and O–H groups in total. The quantitative estimate of drug-likeness (QED) is 0.871. The van der Waals surface area contributed by atoms with Crippen molar-refractivity contribution in [3.05, 3.63) is 53.1 Å². The van der Waals surface area contributed by atoms with E-state index in [-0.39, 0.29) is 11.8 Å². The van der Waals surface area contributed by atoms with Crippen LogP contribution in [-0.4, -0.2) is 29.3 Å². The van der Waals surface area contributed by atoms with Gasteiger partial charge in [0.05, 0.1) is 11.3 Å². The first-order valence-electron chi connectivity index (χ1n) is 8.57. The first-order chi connectivity index (χ1) is 12.0. The molecule has 4 nitrogen and oxygen atoms in total. The van der Waals surface area contributed by atoms with E-state index in [9.17, 15) is 9.59 Å². The molecule has 1 aliphatic heterocycles. The van der Waals surface area contributed by atoms with Crippen LogP contribution in [0.4, 0.5) is 5.69 Å².